The topological polar surface area (TPSA) is 109 Å². The molecule has 0 N–H and O–H groups in total. The molecule has 228 valence electrons. The number of halogens is 1. The quantitative estimate of drug-likeness (QED) is 0.196. The summed E-state index contributed by atoms with van der Waals surface area (Å²) in [6.07, 6.45) is 2.94. The van der Waals surface area contributed by atoms with Gasteiger partial charge in [-0.05, 0) is 62.7 Å². The lowest BCUT2D eigenvalue weighted by Crippen LogP contribution is -2.40. The van der Waals surface area contributed by atoms with Crippen LogP contribution in [0.2, 0.25) is 0 Å². The number of benzene rings is 2. The number of fused-ring (bicyclic) bond motifs is 1. The van der Waals surface area contributed by atoms with Crippen molar-refractivity contribution in [1.29, 1.82) is 0 Å². The number of carbonyl (C=O) groups excluding carboxylic acids is 2. The van der Waals surface area contributed by atoms with Crippen molar-refractivity contribution in [2.75, 3.05) is 20.3 Å². The second kappa shape index (κ2) is 13.6. The molecule has 0 radical (unpaired) electrons. The van der Waals surface area contributed by atoms with E-state index in [2.05, 4.69) is 15.9 Å². The van der Waals surface area contributed by atoms with E-state index in [1.54, 1.807) is 69.5 Å². The number of aromatic nitrogens is 1. The molecule has 0 amide bonds. The molecule has 5 rings (SSSR count). The molecule has 0 saturated carbocycles. The van der Waals surface area contributed by atoms with Crippen LogP contribution >= 0.6 is 27.3 Å². The summed E-state index contributed by atoms with van der Waals surface area (Å²) >= 11 is 4.76. The lowest BCUT2D eigenvalue weighted by Gasteiger charge is -2.27. The molecular formula is C33H31BrN2O7S. The van der Waals surface area contributed by atoms with E-state index in [1.807, 2.05) is 19.1 Å². The second-order valence-electron chi connectivity index (χ2n) is 9.80. The molecule has 9 nitrogen and oxygen atoms in total. The Morgan fingerprint density at radius 3 is 2.43 bits per heavy atom. The number of rotatable bonds is 10. The van der Waals surface area contributed by atoms with E-state index in [-0.39, 0.29) is 18.1 Å². The maximum Gasteiger partial charge on any atom is 0.338 e. The number of furan rings is 1. The molecule has 0 saturated heterocycles. The molecule has 3 heterocycles. The van der Waals surface area contributed by atoms with Gasteiger partial charge >= 0.3 is 11.9 Å². The Labute approximate surface area is 266 Å². The Morgan fingerprint density at radius 2 is 1.75 bits per heavy atom. The van der Waals surface area contributed by atoms with Crippen molar-refractivity contribution in [3.63, 3.8) is 0 Å². The minimum atomic E-state index is -0.813. The first kappa shape index (κ1) is 31.2. The van der Waals surface area contributed by atoms with Gasteiger partial charge in [0.15, 0.2) is 4.80 Å². The van der Waals surface area contributed by atoms with Crippen LogP contribution in [-0.4, -0.2) is 36.8 Å². The highest BCUT2D eigenvalue weighted by atomic mass is 79.9. The van der Waals surface area contributed by atoms with Crippen molar-refractivity contribution in [3.05, 3.63) is 107 Å². The van der Waals surface area contributed by atoms with Gasteiger partial charge in [0.25, 0.3) is 5.56 Å². The van der Waals surface area contributed by atoms with Crippen molar-refractivity contribution in [3.8, 4) is 17.1 Å². The number of allylic oxidation sites excluding steroid dienone is 1. The average molecular weight is 680 g/mol. The van der Waals surface area contributed by atoms with Crippen LogP contribution in [0, 0.1) is 0 Å². The van der Waals surface area contributed by atoms with Crippen LogP contribution in [0.3, 0.4) is 0 Å². The van der Waals surface area contributed by atoms with Gasteiger partial charge in [0, 0.05) is 21.7 Å². The molecule has 0 aliphatic carbocycles. The number of thiazole rings is 1. The van der Waals surface area contributed by atoms with E-state index in [0.29, 0.717) is 62.0 Å². The second-order valence-corrected chi connectivity index (χ2v) is 11.7. The molecular weight excluding hydrogens is 648 g/mol. The summed E-state index contributed by atoms with van der Waals surface area (Å²) in [5.41, 5.74) is 2.42. The van der Waals surface area contributed by atoms with Crippen LogP contribution < -0.4 is 19.6 Å². The van der Waals surface area contributed by atoms with Gasteiger partial charge in [-0.3, -0.25) is 9.36 Å². The Kier molecular flexibility index (Phi) is 9.65. The monoisotopic (exact) mass is 678 g/mol. The standard InChI is InChI=1S/C33H31BrN2O7S/c1-5-8-24-28(32(39)42-7-3)29(23-17-21(34)13-15-26(23)40-4)36-30(37)27(44-33(36)35-24)18-22-14-16-25(43-22)19-9-11-20(12-10-19)31(38)41-6-2/h9-18,29H,5-8H2,1-4H3/b27-18+/t29-/m1/s1. The Bertz CT molecular complexity index is 1920. The van der Waals surface area contributed by atoms with Gasteiger partial charge in [-0.15, -0.1) is 0 Å². The number of carbonyl (C=O) groups is 2. The summed E-state index contributed by atoms with van der Waals surface area (Å²) in [6.45, 7) is 5.99. The maximum atomic E-state index is 14.1. The van der Waals surface area contributed by atoms with Gasteiger partial charge in [-0.2, -0.15) is 0 Å². The Morgan fingerprint density at radius 1 is 1.02 bits per heavy atom. The lowest BCUT2D eigenvalue weighted by molar-refractivity contribution is -0.139. The van der Waals surface area contributed by atoms with Gasteiger partial charge in [0.1, 0.15) is 23.3 Å². The van der Waals surface area contributed by atoms with Crippen molar-refractivity contribution < 1.29 is 28.2 Å². The van der Waals surface area contributed by atoms with Gasteiger partial charge < -0.3 is 18.6 Å². The van der Waals surface area contributed by atoms with E-state index in [1.165, 1.54) is 15.9 Å². The van der Waals surface area contributed by atoms with Gasteiger partial charge in [0.05, 0.1) is 41.7 Å². The molecule has 0 unspecified atom stereocenters. The smallest absolute Gasteiger partial charge is 0.338 e. The van der Waals surface area contributed by atoms with Gasteiger partial charge in [-0.25, -0.2) is 14.6 Å². The molecule has 2 aromatic carbocycles. The number of methoxy groups -OCH3 is 1. The average Bonchev–Trinajstić information content (AvgIpc) is 3.61. The van der Waals surface area contributed by atoms with Crippen molar-refractivity contribution in [2.24, 2.45) is 4.99 Å². The summed E-state index contributed by atoms with van der Waals surface area (Å²) in [5.74, 6) is 0.657. The zero-order valence-electron chi connectivity index (χ0n) is 24.7. The molecule has 0 spiro atoms. The van der Waals surface area contributed by atoms with Gasteiger partial charge in [0.2, 0.25) is 0 Å². The molecule has 2 aromatic heterocycles. The summed E-state index contributed by atoms with van der Waals surface area (Å²) in [4.78, 5) is 44.8. The summed E-state index contributed by atoms with van der Waals surface area (Å²) in [5, 5.41) is 0. The first-order valence-electron chi connectivity index (χ1n) is 14.2. The number of hydrogen-bond donors (Lipinski definition) is 0. The van der Waals surface area contributed by atoms with E-state index >= 15 is 0 Å². The molecule has 0 bridgehead atoms. The van der Waals surface area contributed by atoms with Crippen molar-refractivity contribution in [1.82, 2.24) is 4.57 Å². The largest absolute Gasteiger partial charge is 0.496 e. The third kappa shape index (κ3) is 6.20. The van der Waals surface area contributed by atoms with E-state index in [9.17, 15) is 14.4 Å². The highest BCUT2D eigenvalue weighted by Gasteiger charge is 2.36. The Hall–Kier alpha value is -4.22. The predicted molar refractivity (Wildman–Crippen MR) is 170 cm³/mol. The van der Waals surface area contributed by atoms with Gasteiger partial charge in [-0.1, -0.05) is 52.7 Å². The van der Waals surface area contributed by atoms with E-state index in [4.69, 9.17) is 23.6 Å². The first-order chi connectivity index (χ1) is 21.3. The molecule has 1 atom stereocenters. The molecule has 1 aliphatic rings. The van der Waals surface area contributed by atoms with Crippen LogP contribution in [0.15, 0.2) is 84.5 Å². The number of hydrogen-bond acceptors (Lipinski definition) is 9. The zero-order chi connectivity index (χ0) is 31.4. The van der Waals surface area contributed by atoms with Crippen molar-refractivity contribution >= 4 is 45.3 Å². The fourth-order valence-corrected chi connectivity index (χ4v) is 6.41. The summed E-state index contributed by atoms with van der Waals surface area (Å²) < 4.78 is 25.0. The highest BCUT2D eigenvalue weighted by molar-refractivity contribution is 9.10. The summed E-state index contributed by atoms with van der Waals surface area (Å²) in [7, 11) is 1.55. The van der Waals surface area contributed by atoms with Crippen LogP contribution in [-0.2, 0) is 14.3 Å². The van der Waals surface area contributed by atoms with Crippen molar-refractivity contribution in [2.45, 2.75) is 39.7 Å². The predicted octanol–water partition coefficient (Wildman–Crippen LogP) is 5.79. The Balaban J connectivity index is 1.62. The fourth-order valence-electron chi connectivity index (χ4n) is 5.03. The maximum absolute atomic E-state index is 14.1. The van der Waals surface area contributed by atoms with E-state index < -0.39 is 12.0 Å². The number of esters is 2. The zero-order valence-corrected chi connectivity index (χ0v) is 27.1. The minimum Gasteiger partial charge on any atom is -0.496 e. The normalized spacial score (nSPS) is 14.7. The molecule has 0 fully saturated rings. The molecule has 1 aliphatic heterocycles. The molecule has 44 heavy (non-hydrogen) atoms. The minimum absolute atomic E-state index is 0.181. The van der Waals surface area contributed by atoms with E-state index in [0.717, 1.165) is 16.5 Å². The van der Waals surface area contributed by atoms with Crippen LogP contribution in [0.1, 0.15) is 61.3 Å². The fraction of sp³-hybridized carbons (Fsp3) is 0.273. The summed E-state index contributed by atoms with van der Waals surface area (Å²) in [6, 6.07) is 15.2. The van der Waals surface area contributed by atoms with Crippen LogP contribution in [0.25, 0.3) is 17.4 Å². The lowest BCUT2D eigenvalue weighted by atomic mass is 9.93. The third-order valence-electron chi connectivity index (χ3n) is 6.96. The third-order valence-corrected chi connectivity index (χ3v) is 8.44. The number of nitrogens with zero attached hydrogens (tertiary/aromatic N) is 2. The van der Waals surface area contributed by atoms with Crippen LogP contribution in [0.4, 0.5) is 0 Å². The molecule has 11 heteroatoms. The first-order valence-corrected chi connectivity index (χ1v) is 15.8. The highest BCUT2D eigenvalue weighted by Crippen LogP contribution is 2.38. The number of ether oxygens (including phenoxy) is 3. The molecule has 4 aromatic rings. The van der Waals surface area contributed by atoms with Crippen LogP contribution in [0.5, 0.6) is 5.75 Å². The SMILES string of the molecule is CCCC1=C(C(=O)OCC)[C@@H](c2cc(Br)ccc2OC)n2c(s/c(=C/c3ccc(-c4ccc(C(=O)OCC)cc4)o3)c2=O)=N1.